The van der Waals surface area contributed by atoms with Crippen molar-refractivity contribution >= 4 is 47.3 Å². The first-order valence-corrected chi connectivity index (χ1v) is 16.2. The highest BCUT2D eigenvalue weighted by Gasteiger charge is 2.45. The van der Waals surface area contributed by atoms with E-state index in [1.165, 1.54) is 12.3 Å². The van der Waals surface area contributed by atoms with Gasteiger partial charge in [0.25, 0.3) is 11.8 Å². The molecule has 0 saturated carbocycles. The summed E-state index contributed by atoms with van der Waals surface area (Å²) in [6, 6.07) is 11.0. The number of hydrogen-bond acceptors (Lipinski definition) is 12. The van der Waals surface area contributed by atoms with E-state index < -0.39 is 35.6 Å². The number of piperidine rings is 1. The minimum atomic E-state index is -1.04. The van der Waals surface area contributed by atoms with Gasteiger partial charge in [-0.25, -0.2) is 15.6 Å². The molecule has 5 N–H and O–H groups in total. The summed E-state index contributed by atoms with van der Waals surface area (Å²) in [6.07, 6.45) is 6.88. The molecule has 5 rings (SSSR count). The zero-order valence-electron chi connectivity index (χ0n) is 27.1. The average Bonchev–Trinajstić information content (AvgIpc) is 3.67. The standard InChI is InChI=1S/C33H37N9O8/c43-27-15-14-26(31(46)36-27)42-32(47)24-6-5-7-25(30(24)33(42)48)34-19-22-20-41(40-37-22)16-17-50-23-12-10-21(11-13-23)18-35-38-28(44)8-3-1-2-4-9-29(45)39-49/h5-7,10-13,18,20,26,34,49H,1-4,8-9,14-17,19H2,(H,38,44)(H,39,45)(H,36,43,46). The van der Waals surface area contributed by atoms with Crippen LogP contribution in [0.15, 0.2) is 53.8 Å². The lowest BCUT2D eigenvalue weighted by Crippen LogP contribution is -2.54. The smallest absolute Gasteiger partial charge is 0.264 e. The van der Waals surface area contributed by atoms with E-state index in [0.717, 1.165) is 23.3 Å². The molecule has 0 spiro atoms. The molecule has 3 aromatic rings. The number of anilines is 1. The molecule has 262 valence electrons. The highest BCUT2D eigenvalue weighted by Crippen LogP contribution is 2.32. The highest BCUT2D eigenvalue weighted by atomic mass is 16.5. The second-order valence-corrected chi connectivity index (χ2v) is 11.7. The number of hydroxylamine groups is 1. The van der Waals surface area contributed by atoms with Crippen LogP contribution >= 0.6 is 0 Å². The Morgan fingerprint density at radius 2 is 1.76 bits per heavy atom. The SMILES string of the molecule is O=C(CCCCCCC(=O)NN=Cc1ccc(OCCn2cc(CNc3cccc4c3C(=O)N(C3CCC(=O)NC3=O)C4=O)nn2)cc1)NO. The number of fused-ring (bicyclic) bond motifs is 1. The Morgan fingerprint density at radius 1 is 1.00 bits per heavy atom. The number of nitrogens with one attached hydrogen (secondary N) is 4. The number of unbranched alkanes of at least 4 members (excludes halogenated alkanes) is 3. The molecule has 1 fully saturated rings. The van der Waals surface area contributed by atoms with Crippen LogP contribution in [-0.4, -0.2) is 79.4 Å². The number of hydrazone groups is 1. The Balaban J connectivity index is 1.02. The van der Waals surface area contributed by atoms with Crippen LogP contribution in [0, 0.1) is 0 Å². The van der Waals surface area contributed by atoms with Crippen LogP contribution in [0.4, 0.5) is 5.69 Å². The minimum Gasteiger partial charge on any atom is -0.492 e. The summed E-state index contributed by atoms with van der Waals surface area (Å²) in [4.78, 5) is 74.1. The molecule has 2 aliphatic rings. The van der Waals surface area contributed by atoms with E-state index in [4.69, 9.17) is 9.94 Å². The predicted molar refractivity (Wildman–Crippen MR) is 176 cm³/mol. The van der Waals surface area contributed by atoms with Crippen LogP contribution in [0.5, 0.6) is 5.75 Å². The molecule has 1 aromatic heterocycles. The van der Waals surface area contributed by atoms with Gasteiger partial charge in [-0.3, -0.25) is 44.2 Å². The number of imide groups is 2. The summed E-state index contributed by atoms with van der Waals surface area (Å²) in [5.74, 6) is -2.26. The molecule has 0 bridgehead atoms. The van der Waals surface area contributed by atoms with Gasteiger partial charge in [-0.2, -0.15) is 5.10 Å². The van der Waals surface area contributed by atoms with Crippen molar-refractivity contribution in [1.29, 1.82) is 0 Å². The third-order valence-electron chi connectivity index (χ3n) is 8.07. The van der Waals surface area contributed by atoms with Crippen LogP contribution in [0.25, 0.3) is 0 Å². The number of carbonyl (C=O) groups is 6. The molecule has 50 heavy (non-hydrogen) atoms. The van der Waals surface area contributed by atoms with Crippen LogP contribution in [-0.2, 0) is 32.3 Å². The molecule has 17 nitrogen and oxygen atoms in total. The monoisotopic (exact) mass is 687 g/mol. The number of amides is 6. The van der Waals surface area contributed by atoms with Crippen molar-refractivity contribution in [2.45, 2.75) is 70.5 Å². The Hall–Kier alpha value is -5.97. The van der Waals surface area contributed by atoms with Gasteiger partial charge < -0.3 is 10.1 Å². The first kappa shape index (κ1) is 35.3. The van der Waals surface area contributed by atoms with Crippen molar-refractivity contribution in [3.63, 3.8) is 0 Å². The molecule has 1 unspecified atom stereocenters. The van der Waals surface area contributed by atoms with Gasteiger partial charge in [-0.05, 0) is 61.2 Å². The van der Waals surface area contributed by atoms with Crippen LogP contribution in [0.1, 0.15) is 83.3 Å². The molecule has 0 aliphatic carbocycles. The predicted octanol–water partition coefficient (Wildman–Crippen LogP) is 1.67. The second-order valence-electron chi connectivity index (χ2n) is 11.7. The number of nitrogens with zero attached hydrogens (tertiary/aromatic N) is 5. The Morgan fingerprint density at radius 3 is 2.50 bits per heavy atom. The third kappa shape index (κ3) is 9.13. The highest BCUT2D eigenvalue weighted by molar-refractivity contribution is 6.25. The zero-order chi connectivity index (χ0) is 35.5. The lowest BCUT2D eigenvalue weighted by Gasteiger charge is -2.27. The number of carbonyl (C=O) groups excluding carboxylic acids is 6. The van der Waals surface area contributed by atoms with Crippen LogP contribution in [0.3, 0.4) is 0 Å². The molecule has 3 heterocycles. The molecule has 0 radical (unpaired) electrons. The second kappa shape index (κ2) is 16.9. The van der Waals surface area contributed by atoms with Gasteiger partial charge >= 0.3 is 0 Å². The maximum atomic E-state index is 13.3. The average molecular weight is 688 g/mol. The van der Waals surface area contributed by atoms with Crippen LogP contribution in [0.2, 0.25) is 0 Å². The molecule has 2 aromatic carbocycles. The number of aromatic nitrogens is 3. The molecule has 17 heteroatoms. The van der Waals surface area contributed by atoms with Gasteiger partial charge in [-0.15, -0.1) is 5.10 Å². The van der Waals surface area contributed by atoms with E-state index in [-0.39, 0.29) is 42.8 Å². The molecule has 2 aliphatic heterocycles. The van der Waals surface area contributed by atoms with E-state index in [9.17, 15) is 28.8 Å². The first-order valence-electron chi connectivity index (χ1n) is 16.2. The van der Waals surface area contributed by atoms with Crippen molar-refractivity contribution in [3.05, 3.63) is 71.0 Å². The summed E-state index contributed by atoms with van der Waals surface area (Å²) in [7, 11) is 0. The maximum absolute atomic E-state index is 13.3. The number of hydrogen-bond donors (Lipinski definition) is 5. The molecule has 1 atom stereocenters. The Bertz CT molecular complexity index is 1770. The summed E-state index contributed by atoms with van der Waals surface area (Å²) < 4.78 is 7.43. The topological polar surface area (TPSA) is 226 Å². The van der Waals surface area contributed by atoms with Crippen LogP contribution < -0.4 is 26.3 Å². The molecular weight excluding hydrogens is 650 g/mol. The minimum absolute atomic E-state index is 0.0434. The number of rotatable bonds is 17. The normalized spacial score (nSPS) is 15.6. The van der Waals surface area contributed by atoms with Crippen molar-refractivity contribution in [1.82, 2.24) is 36.1 Å². The van der Waals surface area contributed by atoms with Gasteiger partial charge in [0, 0.05) is 24.9 Å². The quantitative estimate of drug-likeness (QED) is 0.0451. The van der Waals surface area contributed by atoms with Gasteiger partial charge in [0.15, 0.2) is 0 Å². The third-order valence-corrected chi connectivity index (χ3v) is 8.07. The fourth-order valence-electron chi connectivity index (χ4n) is 5.50. The lowest BCUT2D eigenvalue weighted by molar-refractivity contribution is -0.136. The Kier molecular flexibility index (Phi) is 12.0. The van der Waals surface area contributed by atoms with Gasteiger partial charge in [0.05, 0.1) is 36.6 Å². The summed E-state index contributed by atoms with van der Waals surface area (Å²) >= 11 is 0. The van der Waals surface area contributed by atoms with Crippen molar-refractivity contribution in [2.24, 2.45) is 5.10 Å². The van der Waals surface area contributed by atoms with E-state index >= 15 is 0 Å². The van der Waals surface area contributed by atoms with Gasteiger partial charge in [0.1, 0.15) is 24.1 Å². The summed E-state index contributed by atoms with van der Waals surface area (Å²) in [5.41, 5.74) is 6.21. The molecule has 1 saturated heterocycles. The largest absolute Gasteiger partial charge is 0.492 e. The molecule has 6 amide bonds. The van der Waals surface area contributed by atoms with E-state index in [1.807, 2.05) is 0 Å². The summed E-state index contributed by atoms with van der Waals surface area (Å²) in [6.45, 7) is 0.941. The zero-order valence-corrected chi connectivity index (χ0v) is 27.1. The van der Waals surface area contributed by atoms with Crippen molar-refractivity contribution in [2.75, 3.05) is 11.9 Å². The maximum Gasteiger partial charge on any atom is 0.264 e. The van der Waals surface area contributed by atoms with Crippen molar-refractivity contribution < 1.29 is 38.7 Å². The van der Waals surface area contributed by atoms with Crippen molar-refractivity contribution in [3.8, 4) is 5.75 Å². The van der Waals surface area contributed by atoms with E-state index in [1.54, 1.807) is 52.8 Å². The fraction of sp³-hybridized carbons (Fsp3) is 0.364. The summed E-state index contributed by atoms with van der Waals surface area (Å²) in [5, 5.41) is 26.1. The van der Waals surface area contributed by atoms with E-state index in [0.29, 0.717) is 49.5 Å². The fourth-order valence-corrected chi connectivity index (χ4v) is 5.50. The molecular formula is C33H37N9O8. The Labute approximate surface area is 286 Å². The van der Waals surface area contributed by atoms with Gasteiger partial charge in [-0.1, -0.05) is 24.1 Å². The number of ether oxygens (including phenoxy) is 1. The first-order chi connectivity index (χ1) is 24.2. The van der Waals surface area contributed by atoms with E-state index in [2.05, 4.69) is 31.5 Å². The lowest BCUT2D eigenvalue weighted by atomic mass is 10.0. The van der Waals surface area contributed by atoms with Gasteiger partial charge in [0.2, 0.25) is 23.6 Å². The number of benzene rings is 2.